The van der Waals surface area contributed by atoms with Crippen LogP contribution in [0.4, 0.5) is 5.69 Å². The largest absolute Gasteiger partial charge is 0.373 e. The Hall–Kier alpha value is -2.34. The second kappa shape index (κ2) is 6.52. The zero-order chi connectivity index (χ0) is 17.3. The van der Waals surface area contributed by atoms with Crippen molar-refractivity contribution < 1.29 is 14.1 Å². The lowest BCUT2D eigenvalue weighted by Crippen LogP contribution is -2.47. The fourth-order valence-corrected chi connectivity index (χ4v) is 3.89. The van der Waals surface area contributed by atoms with Gasteiger partial charge in [0, 0.05) is 31.9 Å². The van der Waals surface area contributed by atoms with Crippen molar-refractivity contribution in [3.8, 4) is 0 Å². The van der Waals surface area contributed by atoms with Crippen molar-refractivity contribution in [3.05, 3.63) is 48.4 Å². The fraction of sp³-hybridized carbons (Fsp3) is 0.474. The maximum absolute atomic E-state index is 12.4. The highest BCUT2D eigenvalue weighted by Crippen LogP contribution is 2.38. The van der Waals surface area contributed by atoms with Gasteiger partial charge in [0.1, 0.15) is 0 Å². The highest BCUT2D eigenvalue weighted by molar-refractivity contribution is 5.91. The van der Waals surface area contributed by atoms with Crippen LogP contribution in [0.2, 0.25) is 0 Å². The molecule has 132 valence electrons. The molecule has 0 aliphatic carbocycles. The van der Waals surface area contributed by atoms with E-state index in [2.05, 4.69) is 41.4 Å². The number of likely N-dealkylation sites (N-methyl/N-ethyl adjacent to an activating group) is 1. The summed E-state index contributed by atoms with van der Waals surface area (Å²) in [4.78, 5) is 16.5. The average Bonchev–Trinajstić information content (AvgIpc) is 3.33. The Labute approximate surface area is 147 Å². The highest BCUT2D eigenvalue weighted by Gasteiger charge is 2.44. The smallest absolute Gasteiger partial charge is 0.292 e. The van der Waals surface area contributed by atoms with Gasteiger partial charge in [-0.25, -0.2) is 0 Å². The van der Waals surface area contributed by atoms with Gasteiger partial charge in [0.15, 0.2) is 0 Å². The summed E-state index contributed by atoms with van der Waals surface area (Å²) in [6.45, 7) is 2.13. The van der Waals surface area contributed by atoms with E-state index < -0.39 is 0 Å². The quantitative estimate of drug-likeness (QED) is 0.859. The second-order valence-electron chi connectivity index (χ2n) is 6.97. The predicted molar refractivity (Wildman–Crippen MR) is 93.6 cm³/mol. The van der Waals surface area contributed by atoms with Gasteiger partial charge in [-0.1, -0.05) is 23.4 Å². The third-order valence-corrected chi connectivity index (χ3v) is 5.51. The van der Waals surface area contributed by atoms with Gasteiger partial charge >= 0.3 is 0 Å². The Kier molecular flexibility index (Phi) is 4.21. The van der Waals surface area contributed by atoms with Crippen LogP contribution < -0.4 is 4.90 Å². The molecule has 0 N–H and O–H groups in total. The van der Waals surface area contributed by atoms with Crippen molar-refractivity contribution in [2.75, 3.05) is 31.6 Å². The molecule has 4 rings (SSSR count). The van der Waals surface area contributed by atoms with E-state index in [0.717, 1.165) is 25.9 Å². The Balaban J connectivity index is 1.37. The third kappa shape index (κ3) is 3.14. The number of aromatic nitrogens is 1. The number of benzene rings is 1. The van der Waals surface area contributed by atoms with Crippen LogP contribution in [0.15, 0.2) is 47.1 Å². The zero-order valence-electron chi connectivity index (χ0n) is 14.4. The maximum atomic E-state index is 12.4. The van der Waals surface area contributed by atoms with Crippen LogP contribution in [0.25, 0.3) is 0 Å². The Bertz CT molecular complexity index is 709. The molecule has 0 saturated carbocycles. The fourth-order valence-electron chi connectivity index (χ4n) is 3.89. The lowest BCUT2D eigenvalue weighted by atomic mass is 9.87. The third-order valence-electron chi connectivity index (χ3n) is 5.51. The van der Waals surface area contributed by atoms with Gasteiger partial charge in [-0.3, -0.25) is 4.79 Å². The number of piperidine rings is 1. The topological polar surface area (TPSA) is 58.8 Å². The summed E-state index contributed by atoms with van der Waals surface area (Å²) >= 11 is 0. The van der Waals surface area contributed by atoms with Gasteiger partial charge < -0.3 is 19.1 Å². The van der Waals surface area contributed by atoms with Gasteiger partial charge in [-0.2, -0.15) is 0 Å². The number of anilines is 1. The number of para-hydroxylation sites is 1. The number of amides is 1. The molecule has 1 unspecified atom stereocenters. The van der Waals surface area contributed by atoms with Crippen molar-refractivity contribution in [1.82, 2.24) is 10.1 Å². The predicted octanol–water partition coefficient (Wildman–Crippen LogP) is 2.57. The van der Waals surface area contributed by atoms with E-state index in [1.165, 1.54) is 11.9 Å². The average molecular weight is 341 g/mol. The molecule has 2 saturated heterocycles. The molecule has 2 aliphatic rings. The number of hydrogen-bond acceptors (Lipinski definition) is 5. The molecule has 1 atom stereocenters. The zero-order valence-corrected chi connectivity index (χ0v) is 14.4. The molecule has 1 spiro atoms. The van der Waals surface area contributed by atoms with E-state index in [1.54, 1.807) is 6.07 Å². The number of nitrogens with zero attached hydrogens (tertiary/aromatic N) is 3. The Morgan fingerprint density at radius 2 is 2.00 bits per heavy atom. The van der Waals surface area contributed by atoms with Crippen LogP contribution in [-0.4, -0.2) is 54.4 Å². The van der Waals surface area contributed by atoms with E-state index in [-0.39, 0.29) is 11.5 Å². The summed E-state index contributed by atoms with van der Waals surface area (Å²) in [5, 5.41) is 3.61. The van der Waals surface area contributed by atoms with E-state index >= 15 is 0 Å². The molecule has 2 fully saturated rings. The molecule has 1 amide bonds. The van der Waals surface area contributed by atoms with E-state index in [1.807, 2.05) is 11.0 Å². The second-order valence-corrected chi connectivity index (χ2v) is 6.97. The number of hydrogen-bond donors (Lipinski definition) is 0. The summed E-state index contributed by atoms with van der Waals surface area (Å²) in [5.74, 6) is 0.230. The van der Waals surface area contributed by atoms with Crippen molar-refractivity contribution >= 4 is 11.6 Å². The van der Waals surface area contributed by atoms with Gasteiger partial charge in [0.05, 0.1) is 24.4 Å². The van der Waals surface area contributed by atoms with Crippen molar-refractivity contribution in [1.29, 1.82) is 0 Å². The van der Waals surface area contributed by atoms with Crippen molar-refractivity contribution in [2.24, 2.45) is 0 Å². The molecule has 6 heteroatoms. The van der Waals surface area contributed by atoms with Crippen LogP contribution >= 0.6 is 0 Å². The molecule has 2 aromatic rings. The molecule has 0 radical (unpaired) electrons. The highest BCUT2D eigenvalue weighted by atomic mass is 16.5. The minimum atomic E-state index is -0.105. The van der Waals surface area contributed by atoms with Gasteiger partial charge in [0.25, 0.3) is 5.91 Å². The molecule has 6 nitrogen and oxygen atoms in total. The number of rotatable bonds is 3. The lowest BCUT2D eigenvalue weighted by Gasteiger charge is -2.38. The molecule has 1 aromatic carbocycles. The number of carbonyl (C=O) groups is 1. The van der Waals surface area contributed by atoms with Crippen LogP contribution in [0.5, 0.6) is 0 Å². The van der Waals surface area contributed by atoms with Crippen molar-refractivity contribution in [3.63, 3.8) is 0 Å². The first-order valence-electron chi connectivity index (χ1n) is 8.79. The Morgan fingerprint density at radius 3 is 2.68 bits per heavy atom. The lowest BCUT2D eigenvalue weighted by molar-refractivity contribution is -0.0393. The standard InChI is InChI=1S/C19H23N3O3/c1-21(15-5-3-2-4-6-15)16-13-19(24-14-16)8-11-22(12-9-19)18(23)17-7-10-20-25-17/h2-7,10,16H,8-9,11-14H2,1H3. The summed E-state index contributed by atoms with van der Waals surface area (Å²) in [6, 6.07) is 12.4. The summed E-state index contributed by atoms with van der Waals surface area (Å²) in [5.41, 5.74) is 1.11. The summed E-state index contributed by atoms with van der Waals surface area (Å²) in [6.07, 6.45) is 4.24. The van der Waals surface area contributed by atoms with Crippen LogP contribution in [0.3, 0.4) is 0 Å². The van der Waals surface area contributed by atoms with E-state index in [4.69, 9.17) is 9.26 Å². The van der Waals surface area contributed by atoms with Crippen LogP contribution in [0.1, 0.15) is 29.8 Å². The normalized spacial score (nSPS) is 22.3. The van der Waals surface area contributed by atoms with Crippen LogP contribution in [-0.2, 0) is 4.74 Å². The molecule has 0 bridgehead atoms. The van der Waals surface area contributed by atoms with E-state index in [9.17, 15) is 4.79 Å². The van der Waals surface area contributed by atoms with E-state index in [0.29, 0.717) is 24.9 Å². The monoisotopic (exact) mass is 341 g/mol. The van der Waals surface area contributed by atoms with Gasteiger partial charge in [0.2, 0.25) is 5.76 Å². The molecule has 25 heavy (non-hydrogen) atoms. The van der Waals surface area contributed by atoms with Crippen LogP contribution in [0, 0.1) is 0 Å². The molecule has 2 aliphatic heterocycles. The van der Waals surface area contributed by atoms with Crippen molar-refractivity contribution in [2.45, 2.75) is 30.9 Å². The molecule has 3 heterocycles. The number of ether oxygens (including phenoxy) is 1. The van der Waals surface area contributed by atoms with Gasteiger partial charge in [-0.05, 0) is 31.4 Å². The summed E-state index contributed by atoms with van der Waals surface area (Å²) in [7, 11) is 2.13. The maximum Gasteiger partial charge on any atom is 0.292 e. The Morgan fingerprint density at radius 1 is 1.24 bits per heavy atom. The molecular weight excluding hydrogens is 318 g/mol. The number of likely N-dealkylation sites (tertiary alicyclic amines) is 1. The van der Waals surface area contributed by atoms with Gasteiger partial charge in [-0.15, -0.1) is 0 Å². The first kappa shape index (κ1) is 16.1. The first-order chi connectivity index (χ1) is 12.2. The minimum Gasteiger partial charge on any atom is -0.373 e. The minimum absolute atomic E-state index is 0.0803. The molecular formula is C19H23N3O3. The SMILES string of the molecule is CN(c1ccccc1)C1COC2(CCN(C(=O)c3ccno3)CC2)C1. The number of carbonyl (C=O) groups excluding carboxylic acids is 1. The first-order valence-corrected chi connectivity index (χ1v) is 8.79. The summed E-state index contributed by atoms with van der Waals surface area (Å²) < 4.78 is 11.2. The molecule has 1 aromatic heterocycles.